The average molecular weight is 885 g/mol. The fourth-order valence-electron chi connectivity index (χ4n) is 9.48. The zero-order valence-corrected chi connectivity index (χ0v) is 38.8. The maximum Gasteiger partial charge on any atom is 0.240 e. The lowest BCUT2D eigenvalue weighted by molar-refractivity contribution is -0.145. The number of hydrogen-bond donors (Lipinski definition) is 1. The van der Waals surface area contributed by atoms with E-state index in [9.17, 15) is 22.8 Å². The number of carbonyl (C=O) groups excluding carboxylic acids is 4. The Morgan fingerprint density at radius 1 is 1.00 bits per heavy atom. The Morgan fingerprint density at radius 3 is 2.41 bits per heavy atom. The number of ether oxygens (including phenoxy) is 3. The third-order valence-electron chi connectivity index (χ3n) is 13.0. The molecule has 2 aromatic heterocycles. The molecule has 63 heavy (non-hydrogen) atoms. The molecule has 2 aliphatic carbocycles. The predicted octanol–water partition coefficient (Wildman–Crippen LogP) is 8.04. The molecule has 7 rings (SSSR count). The van der Waals surface area contributed by atoms with Gasteiger partial charge >= 0.3 is 0 Å². The molecule has 4 aliphatic rings. The smallest absolute Gasteiger partial charge is 0.240 e. The molecular formula is C49H64N4O9S. The van der Waals surface area contributed by atoms with Crippen LogP contribution in [0.4, 0.5) is 0 Å². The van der Waals surface area contributed by atoms with Crippen LogP contribution in [0, 0.1) is 34.5 Å². The van der Waals surface area contributed by atoms with Crippen LogP contribution in [-0.4, -0.2) is 83.8 Å². The highest BCUT2D eigenvalue weighted by Gasteiger charge is 2.61. The van der Waals surface area contributed by atoms with Crippen molar-refractivity contribution in [1.29, 1.82) is 0 Å². The van der Waals surface area contributed by atoms with E-state index in [2.05, 4.69) is 16.6 Å². The molecule has 14 heteroatoms. The molecule has 340 valence electrons. The van der Waals surface area contributed by atoms with Crippen LogP contribution in [0.15, 0.2) is 54.7 Å². The summed E-state index contributed by atoms with van der Waals surface area (Å²) in [4.78, 5) is 69.0. The summed E-state index contributed by atoms with van der Waals surface area (Å²) in [6.07, 6.45) is 8.72. The first kappa shape index (κ1) is 46.2. The number of Topliss-reactive ketones (excluding diaryl/α,β-unsaturated/α-hetero) is 2. The first-order valence-electron chi connectivity index (χ1n) is 22.6. The van der Waals surface area contributed by atoms with Gasteiger partial charge in [-0.1, -0.05) is 46.8 Å². The summed E-state index contributed by atoms with van der Waals surface area (Å²) in [5.74, 6) is -0.723. The summed E-state index contributed by atoms with van der Waals surface area (Å²) < 4.78 is 46.6. The van der Waals surface area contributed by atoms with E-state index in [1.54, 1.807) is 18.2 Å². The van der Waals surface area contributed by atoms with Crippen LogP contribution in [0.1, 0.15) is 113 Å². The number of ketones is 2. The molecule has 7 atom stereocenters. The predicted molar refractivity (Wildman–Crippen MR) is 241 cm³/mol. The molecule has 1 saturated heterocycles. The largest absolute Gasteiger partial charge is 0.497 e. The first-order chi connectivity index (χ1) is 29.7. The number of allylic oxidation sites excluding steroid dienone is 2. The Balaban J connectivity index is 1.25. The van der Waals surface area contributed by atoms with Crippen molar-refractivity contribution in [2.75, 3.05) is 13.7 Å². The molecule has 0 radical (unpaired) electrons. The van der Waals surface area contributed by atoms with E-state index in [1.807, 2.05) is 90.1 Å². The van der Waals surface area contributed by atoms with Crippen LogP contribution in [0.3, 0.4) is 0 Å². The lowest BCUT2D eigenvalue weighted by atomic mass is 9.79. The third kappa shape index (κ3) is 10.9. The van der Waals surface area contributed by atoms with E-state index in [-0.39, 0.29) is 78.4 Å². The Bertz CT molecular complexity index is 2350. The number of nitrogens with zero attached hydrogens (tertiary/aromatic N) is 3. The summed E-state index contributed by atoms with van der Waals surface area (Å²) in [6.45, 7) is 14.1. The standard InChI is InChI=1S/C49H64N4O9S/c1-29(2)61-36-14-18-41(50-27-36)42-21-32-20-35(60-8)13-17-39(32)45(51-42)62-37-23-43-44(55)26-49(47(57)52-63(58,59)38-15-16-38)24-33(49)12-10-9-11-30(3)19-31(4)40(46(56)53(43)28-37)22-34(54)25-48(5,6)7/h10,12-14,17-18,20-21,27,29-31,33,37-38,40,43H,9,11,15-16,19,22-26,28H2,1-8H3,(H,52,57)/b12-10-/t30-,31+,33+,37+,40-,43-,49+/m0/s1. The van der Waals surface area contributed by atoms with Gasteiger partial charge in [-0.3, -0.25) is 28.9 Å². The summed E-state index contributed by atoms with van der Waals surface area (Å²) in [5, 5.41) is 0.861. The summed E-state index contributed by atoms with van der Waals surface area (Å²) >= 11 is 0. The summed E-state index contributed by atoms with van der Waals surface area (Å²) in [5.41, 5.74) is -0.427. The minimum Gasteiger partial charge on any atom is -0.497 e. The fourth-order valence-corrected chi connectivity index (χ4v) is 10.9. The highest BCUT2D eigenvalue weighted by Crippen LogP contribution is 2.57. The van der Waals surface area contributed by atoms with E-state index in [4.69, 9.17) is 19.2 Å². The van der Waals surface area contributed by atoms with Crippen molar-refractivity contribution in [1.82, 2.24) is 19.6 Å². The highest BCUT2D eigenvalue weighted by molar-refractivity contribution is 7.90. The number of methoxy groups -OCH3 is 1. The zero-order valence-electron chi connectivity index (χ0n) is 38.0. The first-order valence-corrected chi connectivity index (χ1v) is 24.2. The van der Waals surface area contributed by atoms with Gasteiger partial charge in [0.1, 0.15) is 23.4 Å². The molecule has 3 fully saturated rings. The molecule has 13 nitrogen and oxygen atoms in total. The molecule has 2 saturated carbocycles. The van der Waals surface area contributed by atoms with Gasteiger partial charge in [-0.2, -0.15) is 0 Å². The average Bonchev–Trinajstić information content (AvgIpc) is 4.14. The number of rotatable bonds is 12. The second-order valence-electron chi connectivity index (χ2n) is 20.1. The Labute approximate surface area is 372 Å². The van der Waals surface area contributed by atoms with Gasteiger partial charge in [-0.05, 0) is 117 Å². The van der Waals surface area contributed by atoms with Crippen LogP contribution in [-0.2, 0) is 29.2 Å². The van der Waals surface area contributed by atoms with Crippen molar-refractivity contribution in [3.8, 4) is 28.8 Å². The molecule has 3 aromatic rings. The minimum atomic E-state index is -3.88. The normalized spacial score (nSPS) is 27.5. The van der Waals surface area contributed by atoms with Gasteiger partial charge in [-0.15, -0.1) is 0 Å². The van der Waals surface area contributed by atoms with E-state index in [0.29, 0.717) is 60.4 Å². The number of sulfonamides is 1. The number of fused-ring (bicyclic) bond motifs is 3. The van der Waals surface area contributed by atoms with Gasteiger partial charge in [0.15, 0.2) is 5.78 Å². The maximum absolute atomic E-state index is 15.2. The number of nitrogens with one attached hydrogen (secondary N) is 1. The van der Waals surface area contributed by atoms with Gasteiger partial charge in [0.2, 0.25) is 27.7 Å². The van der Waals surface area contributed by atoms with Crippen LogP contribution >= 0.6 is 0 Å². The SMILES string of the molecule is COc1ccc2c(O[C@@H]3C[C@H]4C(=O)C[C@]5(C(=O)NS(=O)(=O)C6CC6)C[C@H]5/C=C\CC[C@H](C)C[C@@H](C)[C@H](CC(=O)CC(C)(C)C)C(=O)N4C3)nc(-c3ccc(OC(C)C)cn3)cc2c1. The molecule has 1 N–H and O–H groups in total. The van der Waals surface area contributed by atoms with Crippen LogP contribution in [0.2, 0.25) is 0 Å². The van der Waals surface area contributed by atoms with Crippen molar-refractivity contribution in [2.24, 2.45) is 34.5 Å². The summed E-state index contributed by atoms with van der Waals surface area (Å²) in [6, 6.07) is 10.1. The molecule has 2 amide bonds. The fraction of sp³-hybridized carbons (Fsp3) is 0.592. The minimum absolute atomic E-state index is 0.00952. The van der Waals surface area contributed by atoms with Crippen molar-refractivity contribution in [2.45, 2.75) is 136 Å². The van der Waals surface area contributed by atoms with Gasteiger partial charge < -0.3 is 19.1 Å². The van der Waals surface area contributed by atoms with E-state index in [1.165, 1.54) is 0 Å². The number of carbonyl (C=O) groups is 4. The topological polar surface area (TPSA) is 171 Å². The lowest BCUT2D eigenvalue weighted by Gasteiger charge is -2.32. The second kappa shape index (κ2) is 18.3. The van der Waals surface area contributed by atoms with Gasteiger partial charge in [0, 0.05) is 37.0 Å². The number of pyridine rings is 2. The molecular weight excluding hydrogens is 821 g/mol. The lowest BCUT2D eigenvalue weighted by Crippen LogP contribution is -2.47. The van der Waals surface area contributed by atoms with Crippen molar-refractivity contribution in [3.63, 3.8) is 0 Å². The molecule has 4 heterocycles. The summed E-state index contributed by atoms with van der Waals surface area (Å²) in [7, 11) is -2.28. The monoisotopic (exact) mass is 884 g/mol. The zero-order chi connectivity index (χ0) is 45.4. The molecule has 1 aromatic carbocycles. The van der Waals surface area contributed by atoms with Crippen molar-refractivity contribution < 1.29 is 41.8 Å². The van der Waals surface area contributed by atoms with Crippen molar-refractivity contribution >= 4 is 44.2 Å². The Hall–Kier alpha value is -4.85. The number of hydrogen-bond acceptors (Lipinski definition) is 11. The Kier molecular flexibility index (Phi) is 13.4. The highest BCUT2D eigenvalue weighted by atomic mass is 32.2. The van der Waals surface area contributed by atoms with E-state index >= 15 is 4.79 Å². The second-order valence-corrected chi connectivity index (χ2v) is 22.1. The van der Waals surface area contributed by atoms with E-state index < -0.39 is 44.7 Å². The Morgan fingerprint density at radius 2 is 1.75 bits per heavy atom. The van der Waals surface area contributed by atoms with Gasteiger partial charge in [0.05, 0.1) is 54.0 Å². The number of amides is 2. The number of aromatic nitrogens is 2. The molecule has 0 unspecified atom stereocenters. The van der Waals surface area contributed by atoms with Crippen LogP contribution in [0.25, 0.3) is 22.2 Å². The molecule has 0 bridgehead atoms. The number of benzene rings is 1. The quantitative estimate of drug-likeness (QED) is 0.175. The van der Waals surface area contributed by atoms with Gasteiger partial charge in [-0.25, -0.2) is 13.4 Å². The van der Waals surface area contributed by atoms with Crippen LogP contribution in [0.5, 0.6) is 17.4 Å². The molecule has 0 spiro atoms. The van der Waals surface area contributed by atoms with Crippen LogP contribution < -0.4 is 18.9 Å². The third-order valence-corrected chi connectivity index (χ3v) is 14.8. The van der Waals surface area contributed by atoms with Crippen molar-refractivity contribution in [3.05, 3.63) is 54.7 Å². The maximum atomic E-state index is 15.2. The van der Waals surface area contributed by atoms with Gasteiger partial charge in [0.25, 0.3) is 0 Å². The molecule has 2 aliphatic heterocycles. The van der Waals surface area contributed by atoms with E-state index in [0.717, 1.165) is 18.2 Å².